The van der Waals surface area contributed by atoms with Crippen molar-refractivity contribution in [3.63, 3.8) is 0 Å². The fraction of sp³-hybridized carbons (Fsp3) is 0.500. The molecule has 0 aromatic heterocycles. The van der Waals surface area contributed by atoms with Crippen molar-refractivity contribution < 1.29 is 18.0 Å². The standard InChI is InChI=1S/C14H20F3N3O/c1-3-7-20(2)8-6-13(21)19-10-4-5-12(18)11(9-10)14(15,16)17/h4-5,9H,3,6-8,18H2,1-2H3,(H,19,21). The number of nitrogens with one attached hydrogen (secondary N) is 1. The number of nitrogens with two attached hydrogens (primary N) is 1. The lowest BCUT2D eigenvalue weighted by Gasteiger charge is -2.15. The van der Waals surface area contributed by atoms with Crippen molar-refractivity contribution in [3.8, 4) is 0 Å². The molecule has 0 aliphatic rings. The van der Waals surface area contributed by atoms with Crippen LogP contribution < -0.4 is 11.1 Å². The molecule has 1 aromatic carbocycles. The summed E-state index contributed by atoms with van der Waals surface area (Å²) in [6, 6.07) is 3.35. The number of rotatable bonds is 6. The maximum Gasteiger partial charge on any atom is 0.418 e. The predicted octanol–water partition coefficient (Wildman–Crippen LogP) is 2.96. The molecule has 21 heavy (non-hydrogen) atoms. The molecule has 0 aliphatic carbocycles. The SMILES string of the molecule is CCCN(C)CCC(=O)Nc1ccc(N)c(C(F)(F)F)c1. The number of nitrogens with zero attached hydrogens (tertiary/aromatic N) is 1. The van der Waals surface area contributed by atoms with Gasteiger partial charge in [-0.2, -0.15) is 13.2 Å². The number of amides is 1. The van der Waals surface area contributed by atoms with Gasteiger partial charge in [0.2, 0.25) is 5.91 Å². The highest BCUT2D eigenvalue weighted by atomic mass is 19.4. The monoisotopic (exact) mass is 303 g/mol. The Balaban J connectivity index is 2.65. The molecule has 0 saturated heterocycles. The normalized spacial score (nSPS) is 11.7. The van der Waals surface area contributed by atoms with E-state index >= 15 is 0 Å². The highest BCUT2D eigenvalue weighted by molar-refractivity contribution is 5.91. The Morgan fingerprint density at radius 2 is 2.00 bits per heavy atom. The number of anilines is 2. The Bertz CT molecular complexity index is 489. The molecule has 0 atom stereocenters. The first-order valence-electron chi connectivity index (χ1n) is 6.69. The largest absolute Gasteiger partial charge is 0.418 e. The Morgan fingerprint density at radius 3 is 2.57 bits per heavy atom. The second-order valence-electron chi connectivity index (χ2n) is 4.90. The molecular weight excluding hydrogens is 283 g/mol. The van der Waals surface area contributed by atoms with Crippen LogP contribution in [0.25, 0.3) is 0 Å². The van der Waals surface area contributed by atoms with Crippen molar-refractivity contribution in [1.29, 1.82) is 0 Å². The minimum atomic E-state index is -4.54. The third kappa shape index (κ3) is 5.63. The molecule has 4 nitrogen and oxygen atoms in total. The lowest BCUT2D eigenvalue weighted by atomic mass is 10.1. The van der Waals surface area contributed by atoms with Crippen LogP contribution in [0.5, 0.6) is 0 Å². The predicted molar refractivity (Wildman–Crippen MR) is 76.9 cm³/mol. The summed E-state index contributed by atoms with van der Waals surface area (Å²) in [4.78, 5) is 13.7. The number of nitrogen functional groups attached to an aromatic ring is 1. The zero-order valence-electron chi connectivity index (χ0n) is 12.1. The summed E-state index contributed by atoms with van der Waals surface area (Å²) < 4.78 is 38.1. The summed E-state index contributed by atoms with van der Waals surface area (Å²) in [5.74, 6) is -0.323. The van der Waals surface area contributed by atoms with Gasteiger partial charge in [0.05, 0.1) is 5.56 Å². The van der Waals surface area contributed by atoms with Crippen LogP contribution in [0.4, 0.5) is 24.5 Å². The van der Waals surface area contributed by atoms with Crippen molar-refractivity contribution in [2.45, 2.75) is 25.9 Å². The summed E-state index contributed by atoms with van der Waals surface area (Å²) in [5.41, 5.74) is 4.10. The van der Waals surface area contributed by atoms with Crippen molar-refractivity contribution in [2.75, 3.05) is 31.2 Å². The van der Waals surface area contributed by atoms with E-state index in [-0.39, 0.29) is 23.7 Å². The molecule has 1 aromatic rings. The second kappa shape index (κ2) is 7.31. The van der Waals surface area contributed by atoms with Gasteiger partial charge in [-0.15, -0.1) is 0 Å². The van der Waals surface area contributed by atoms with Crippen LogP contribution in [0, 0.1) is 0 Å². The number of carbonyl (C=O) groups is 1. The van der Waals surface area contributed by atoms with Gasteiger partial charge < -0.3 is 16.0 Å². The average molecular weight is 303 g/mol. The molecule has 0 radical (unpaired) electrons. The zero-order chi connectivity index (χ0) is 16.0. The number of carbonyl (C=O) groups excluding carboxylic acids is 1. The number of halogens is 3. The first-order chi connectivity index (χ1) is 9.74. The van der Waals surface area contributed by atoms with Crippen LogP contribution >= 0.6 is 0 Å². The molecular formula is C14H20F3N3O. The molecule has 0 bridgehead atoms. The number of benzene rings is 1. The molecule has 1 amide bonds. The van der Waals surface area contributed by atoms with E-state index in [0.29, 0.717) is 6.54 Å². The summed E-state index contributed by atoms with van der Waals surface area (Å²) in [7, 11) is 1.89. The summed E-state index contributed by atoms with van der Waals surface area (Å²) in [6.07, 6.45) is -3.33. The van der Waals surface area contributed by atoms with Gasteiger partial charge in [0.15, 0.2) is 0 Å². The molecule has 0 fully saturated rings. The van der Waals surface area contributed by atoms with Gasteiger partial charge in [0.1, 0.15) is 0 Å². The molecule has 118 valence electrons. The van der Waals surface area contributed by atoms with Crippen molar-refractivity contribution in [1.82, 2.24) is 4.90 Å². The average Bonchev–Trinajstić information content (AvgIpc) is 2.38. The summed E-state index contributed by atoms with van der Waals surface area (Å²) in [6.45, 7) is 3.46. The first-order valence-corrected chi connectivity index (χ1v) is 6.69. The van der Waals surface area contributed by atoms with E-state index in [1.54, 1.807) is 0 Å². The molecule has 7 heteroatoms. The highest BCUT2D eigenvalue weighted by Crippen LogP contribution is 2.35. The molecule has 0 unspecified atom stereocenters. The minimum Gasteiger partial charge on any atom is -0.398 e. The van der Waals surface area contributed by atoms with Crippen molar-refractivity contribution in [2.24, 2.45) is 0 Å². The maximum atomic E-state index is 12.7. The molecule has 0 heterocycles. The fourth-order valence-corrected chi connectivity index (χ4v) is 1.89. The molecule has 0 spiro atoms. The van der Waals surface area contributed by atoms with Gasteiger partial charge in [0.25, 0.3) is 0 Å². The van der Waals surface area contributed by atoms with Crippen LogP contribution in [-0.4, -0.2) is 30.9 Å². The topological polar surface area (TPSA) is 58.4 Å². The number of hydrogen-bond donors (Lipinski definition) is 2. The van der Waals surface area contributed by atoms with E-state index in [2.05, 4.69) is 5.32 Å². The van der Waals surface area contributed by atoms with Crippen LogP contribution in [0.1, 0.15) is 25.3 Å². The van der Waals surface area contributed by atoms with E-state index in [1.165, 1.54) is 6.07 Å². The van der Waals surface area contributed by atoms with Gasteiger partial charge in [-0.3, -0.25) is 4.79 Å². The Kier molecular flexibility index (Phi) is 6.02. The molecule has 0 aliphatic heterocycles. The van der Waals surface area contributed by atoms with Gasteiger partial charge >= 0.3 is 6.18 Å². The lowest BCUT2D eigenvalue weighted by Crippen LogP contribution is -2.25. The van der Waals surface area contributed by atoms with E-state index < -0.39 is 11.7 Å². The second-order valence-corrected chi connectivity index (χ2v) is 4.90. The van der Waals surface area contributed by atoms with Crippen molar-refractivity contribution in [3.05, 3.63) is 23.8 Å². The minimum absolute atomic E-state index is 0.0969. The Hall–Kier alpha value is -1.76. The summed E-state index contributed by atoms with van der Waals surface area (Å²) >= 11 is 0. The number of hydrogen-bond acceptors (Lipinski definition) is 3. The third-order valence-corrected chi connectivity index (χ3v) is 2.97. The smallest absolute Gasteiger partial charge is 0.398 e. The fourth-order valence-electron chi connectivity index (χ4n) is 1.89. The van der Waals surface area contributed by atoms with Gasteiger partial charge in [-0.1, -0.05) is 6.92 Å². The van der Waals surface area contributed by atoms with Crippen LogP contribution in [-0.2, 0) is 11.0 Å². The maximum absolute atomic E-state index is 12.7. The number of alkyl halides is 3. The highest BCUT2D eigenvalue weighted by Gasteiger charge is 2.33. The van der Waals surface area contributed by atoms with E-state index in [4.69, 9.17) is 5.73 Å². The van der Waals surface area contributed by atoms with E-state index in [9.17, 15) is 18.0 Å². The quantitative estimate of drug-likeness (QED) is 0.794. The Morgan fingerprint density at radius 1 is 1.33 bits per heavy atom. The third-order valence-electron chi connectivity index (χ3n) is 2.97. The molecule has 3 N–H and O–H groups in total. The van der Waals surface area contributed by atoms with Gasteiger partial charge in [-0.25, -0.2) is 0 Å². The van der Waals surface area contributed by atoms with Crippen LogP contribution in [0.2, 0.25) is 0 Å². The van der Waals surface area contributed by atoms with Crippen molar-refractivity contribution >= 4 is 17.3 Å². The van der Waals surface area contributed by atoms with E-state index in [0.717, 1.165) is 25.1 Å². The van der Waals surface area contributed by atoms with E-state index in [1.807, 2.05) is 18.9 Å². The van der Waals surface area contributed by atoms with Crippen LogP contribution in [0.3, 0.4) is 0 Å². The molecule has 0 saturated carbocycles. The summed E-state index contributed by atoms with van der Waals surface area (Å²) in [5, 5.41) is 2.46. The zero-order valence-corrected chi connectivity index (χ0v) is 12.1. The lowest BCUT2D eigenvalue weighted by molar-refractivity contribution is -0.136. The van der Waals surface area contributed by atoms with Gasteiger partial charge in [0, 0.05) is 24.3 Å². The first kappa shape index (κ1) is 17.3. The molecule has 1 rings (SSSR count). The van der Waals surface area contributed by atoms with Crippen LogP contribution in [0.15, 0.2) is 18.2 Å². The van der Waals surface area contributed by atoms with Gasteiger partial charge in [-0.05, 0) is 38.2 Å². The Labute approximate surface area is 122 Å².